The van der Waals surface area contributed by atoms with Crippen molar-refractivity contribution in [3.05, 3.63) is 107 Å². The molecule has 4 rings (SSSR count). The molecule has 2 aromatic carbocycles. The largest absolute Gasteiger partial charge is 0.503 e. The van der Waals surface area contributed by atoms with Crippen molar-refractivity contribution in [2.45, 2.75) is 12.6 Å². The van der Waals surface area contributed by atoms with Crippen molar-refractivity contribution < 1.29 is 14.3 Å². The van der Waals surface area contributed by atoms with Crippen LogP contribution in [0.4, 0.5) is 4.39 Å². The van der Waals surface area contributed by atoms with Crippen LogP contribution in [0.15, 0.2) is 84.8 Å². The topological polar surface area (TPSA) is 53.4 Å². The van der Waals surface area contributed by atoms with E-state index in [2.05, 4.69) is 4.98 Å². The van der Waals surface area contributed by atoms with Crippen LogP contribution < -0.4 is 0 Å². The first-order chi connectivity index (χ1) is 13.1. The van der Waals surface area contributed by atoms with Gasteiger partial charge in [-0.15, -0.1) is 0 Å². The van der Waals surface area contributed by atoms with Gasteiger partial charge in [-0.05, 0) is 35.4 Å². The number of pyridine rings is 1. The fraction of sp³-hybridized carbons (Fsp3) is 0.0909. The second-order valence-corrected chi connectivity index (χ2v) is 6.34. The van der Waals surface area contributed by atoms with E-state index in [1.165, 1.54) is 12.1 Å². The van der Waals surface area contributed by atoms with Gasteiger partial charge in [-0.2, -0.15) is 0 Å². The minimum Gasteiger partial charge on any atom is -0.503 e. The molecule has 5 heteroatoms. The molecule has 0 radical (unpaired) electrons. The third-order valence-corrected chi connectivity index (χ3v) is 4.63. The van der Waals surface area contributed by atoms with Gasteiger partial charge < -0.3 is 10.0 Å². The highest BCUT2D eigenvalue weighted by Crippen LogP contribution is 2.43. The number of nitrogens with zero attached hydrogens (tertiary/aromatic N) is 2. The molecule has 0 saturated heterocycles. The van der Waals surface area contributed by atoms with Gasteiger partial charge in [0, 0.05) is 11.8 Å². The Morgan fingerprint density at radius 1 is 0.963 bits per heavy atom. The second kappa shape index (κ2) is 7.03. The number of hydrogen-bond acceptors (Lipinski definition) is 3. The van der Waals surface area contributed by atoms with Crippen molar-refractivity contribution in [3.8, 4) is 0 Å². The van der Waals surface area contributed by atoms with Crippen LogP contribution in [0.2, 0.25) is 0 Å². The molecule has 134 valence electrons. The smallest absolute Gasteiger partial charge is 0.290 e. The predicted molar refractivity (Wildman–Crippen MR) is 99.9 cm³/mol. The van der Waals surface area contributed by atoms with E-state index >= 15 is 0 Å². The van der Waals surface area contributed by atoms with Crippen LogP contribution in [0.25, 0.3) is 5.57 Å². The van der Waals surface area contributed by atoms with E-state index in [0.29, 0.717) is 11.3 Å². The van der Waals surface area contributed by atoms with Gasteiger partial charge in [-0.25, -0.2) is 4.39 Å². The van der Waals surface area contributed by atoms with E-state index in [0.717, 1.165) is 11.1 Å². The molecule has 1 atom stereocenters. The maximum absolute atomic E-state index is 13.4. The Labute approximate surface area is 156 Å². The highest BCUT2D eigenvalue weighted by atomic mass is 19.1. The molecule has 1 amide bonds. The first-order valence-electron chi connectivity index (χ1n) is 8.60. The maximum atomic E-state index is 13.4. The monoisotopic (exact) mass is 360 g/mol. The fourth-order valence-corrected chi connectivity index (χ4v) is 3.39. The van der Waals surface area contributed by atoms with Gasteiger partial charge in [0.15, 0.2) is 5.76 Å². The molecule has 0 saturated carbocycles. The molecule has 27 heavy (non-hydrogen) atoms. The van der Waals surface area contributed by atoms with E-state index in [1.54, 1.807) is 29.3 Å². The summed E-state index contributed by atoms with van der Waals surface area (Å²) in [6.45, 7) is 0.238. The number of carbonyl (C=O) groups excluding carboxylic acids is 1. The van der Waals surface area contributed by atoms with Crippen molar-refractivity contribution >= 4 is 11.5 Å². The summed E-state index contributed by atoms with van der Waals surface area (Å²) >= 11 is 0. The molecule has 1 aliphatic heterocycles. The van der Waals surface area contributed by atoms with Crippen molar-refractivity contribution in [1.29, 1.82) is 0 Å². The Hall–Kier alpha value is -3.47. The predicted octanol–water partition coefficient (Wildman–Crippen LogP) is 4.27. The third kappa shape index (κ3) is 3.19. The van der Waals surface area contributed by atoms with Crippen molar-refractivity contribution in [1.82, 2.24) is 9.88 Å². The third-order valence-electron chi connectivity index (χ3n) is 4.63. The van der Waals surface area contributed by atoms with E-state index < -0.39 is 11.9 Å². The SMILES string of the molecule is O=C1C(O)=C(c2ccccc2)C(c2ccc(F)cc2)N1Cc1ccccn1. The summed E-state index contributed by atoms with van der Waals surface area (Å²) in [6, 6.07) is 20.2. The molecular weight excluding hydrogens is 343 g/mol. The molecule has 0 spiro atoms. The summed E-state index contributed by atoms with van der Waals surface area (Å²) in [5, 5.41) is 10.6. The maximum Gasteiger partial charge on any atom is 0.290 e. The number of carbonyl (C=O) groups is 1. The van der Waals surface area contributed by atoms with Crippen LogP contribution in [0.5, 0.6) is 0 Å². The number of amides is 1. The highest BCUT2D eigenvalue weighted by molar-refractivity contribution is 6.05. The number of halogens is 1. The van der Waals surface area contributed by atoms with Crippen LogP contribution >= 0.6 is 0 Å². The number of rotatable bonds is 4. The highest BCUT2D eigenvalue weighted by Gasteiger charge is 2.41. The molecule has 3 aromatic rings. The Bertz CT molecular complexity index is 986. The number of hydrogen-bond donors (Lipinski definition) is 1. The lowest BCUT2D eigenvalue weighted by Crippen LogP contribution is -2.30. The first kappa shape index (κ1) is 17.0. The molecule has 1 N–H and O–H groups in total. The second-order valence-electron chi connectivity index (χ2n) is 6.34. The quantitative estimate of drug-likeness (QED) is 0.756. The molecule has 0 fully saturated rings. The van der Waals surface area contributed by atoms with Gasteiger partial charge in [0.2, 0.25) is 0 Å². The Balaban J connectivity index is 1.81. The summed E-state index contributed by atoms with van der Waals surface area (Å²) < 4.78 is 13.4. The van der Waals surface area contributed by atoms with Crippen LogP contribution in [0.1, 0.15) is 22.9 Å². The molecule has 2 heterocycles. The van der Waals surface area contributed by atoms with Crippen LogP contribution in [0.3, 0.4) is 0 Å². The van der Waals surface area contributed by atoms with E-state index in [1.807, 2.05) is 42.5 Å². The fourth-order valence-electron chi connectivity index (χ4n) is 3.39. The summed E-state index contributed by atoms with van der Waals surface area (Å²) in [5.74, 6) is -1.10. The van der Waals surface area contributed by atoms with Gasteiger partial charge in [0.1, 0.15) is 5.82 Å². The van der Waals surface area contributed by atoms with E-state index in [4.69, 9.17) is 0 Å². The van der Waals surface area contributed by atoms with Crippen LogP contribution in [0, 0.1) is 5.82 Å². The Morgan fingerprint density at radius 3 is 2.33 bits per heavy atom. The Morgan fingerprint density at radius 2 is 1.67 bits per heavy atom. The van der Waals surface area contributed by atoms with Gasteiger partial charge in [0.25, 0.3) is 5.91 Å². The van der Waals surface area contributed by atoms with Gasteiger partial charge in [0.05, 0.1) is 18.3 Å². The molecular formula is C22H17FN2O2. The van der Waals surface area contributed by atoms with E-state index in [9.17, 15) is 14.3 Å². The lowest BCUT2D eigenvalue weighted by molar-refractivity contribution is -0.130. The molecule has 0 aliphatic carbocycles. The summed E-state index contributed by atoms with van der Waals surface area (Å²) in [7, 11) is 0. The number of aromatic nitrogens is 1. The standard InChI is InChI=1S/C22H17FN2O2/c23-17-11-9-16(10-12-17)20-19(15-6-2-1-3-7-15)21(26)22(27)25(20)14-18-8-4-5-13-24-18/h1-13,20,26H,14H2. The molecule has 1 aliphatic rings. The minimum absolute atomic E-state index is 0.238. The number of aliphatic hydroxyl groups excluding tert-OH is 1. The summed E-state index contributed by atoms with van der Waals surface area (Å²) in [4.78, 5) is 18.7. The summed E-state index contributed by atoms with van der Waals surface area (Å²) in [6.07, 6.45) is 1.66. The van der Waals surface area contributed by atoms with Gasteiger partial charge in [-0.3, -0.25) is 9.78 Å². The zero-order valence-corrected chi connectivity index (χ0v) is 14.4. The minimum atomic E-state index is -0.525. The molecule has 1 aromatic heterocycles. The van der Waals surface area contributed by atoms with Crippen LogP contribution in [-0.2, 0) is 11.3 Å². The average molecular weight is 360 g/mol. The molecule has 0 bridgehead atoms. The number of aliphatic hydroxyl groups is 1. The lowest BCUT2D eigenvalue weighted by atomic mass is 9.93. The zero-order valence-electron chi connectivity index (χ0n) is 14.4. The normalized spacial score (nSPS) is 16.9. The zero-order chi connectivity index (χ0) is 18.8. The first-order valence-corrected chi connectivity index (χ1v) is 8.60. The van der Waals surface area contributed by atoms with Crippen molar-refractivity contribution in [3.63, 3.8) is 0 Å². The number of benzene rings is 2. The van der Waals surface area contributed by atoms with Crippen molar-refractivity contribution in [2.24, 2.45) is 0 Å². The van der Waals surface area contributed by atoms with Crippen molar-refractivity contribution in [2.75, 3.05) is 0 Å². The molecule has 4 nitrogen and oxygen atoms in total. The van der Waals surface area contributed by atoms with E-state index in [-0.39, 0.29) is 18.1 Å². The molecule has 1 unspecified atom stereocenters. The van der Waals surface area contributed by atoms with Gasteiger partial charge in [-0.1, -0.05) is 48.5 Å². The Kier molecular flexibility index (Phi) is 4.42. The van der Waals surface area contributed by atoms with Gasteiger partial charge >= 0.3 is 0 Å². The lowest BCUT2D eigenvalue weighted by Gasteiger charge is -2.27. The summed E-state index contributed by atoms with van der Waals surface area (Å²) in [5.41, 5.74) is 2.70. The average Bonchev–Trinajstić information content (AvgIpc) is 2.95. The van der Waals surface area contributed by atoms with Crippen LogP contribution in [-0.4, -0.2) is 20.9 Å².